The van der Waals surface area contributed by atoms with Crippen molar-refractivity contribution < 1.29 is 4.79 Å². The highest BCUT2D eigenvalue weighted by atomic mass is 16.1. The van der Waals surface area contributed by atoms with Gasteiger partial charge in [0.2, 0.25) is 0 Å². The van der Waals surface area contributed by atoms with E-state index in [0.29, 0.717) is 34.4 Å². The molecule has 0 saturated heterocycles. The van der Waals surface area contributed by atoms with E-state index in [1.807, 2.05) is 6.08 Å². The van der Waals surface area contributed by atoms with Gasteiger partial charge in [-0.25, -0.2) is 0 Å². The number of hydrogen-bond acceptors (Lipinski definition) is 1. The minimum atomic E-state index is 0.379. The minimum absolute atomic E-state index is 0.379. The zero-order valence-electron chi connectivity index (χ0n) is 11.7. The molecule has 0 aromatic heterocycles. The van der Waals surface area contributed by atoms with E-state index >= 15 is 0 Å². The number of rotatable bonds is 0. The van der Waals surface area contributed by atoms with Crippen molar-refractivity contribution in [2.75, 3.05) is 0 Å². The second-order valence-electron chi connectivity index (χ2n) is 7.83. The van der Waals surface area contributed by atoms with E-state index in [1.54, 1.807) is 0 Å². The van der Waals surface area contributed by atoms with Crippen LogP contribution < -0.4 is 0 Å². The van der Waals surface area contributed by atoms with Gasteiger partial charge in [0.05, 0.1) is 0 Å². The molecule has 0 aromatic rings. The molecule has 4 aliphatic carbocycles. The number of carbonyl (C=O) groups is 1. The van der Waals surface area contributed by atoms with Crippen LogP contribution in [0.3, 0.4) is 0 Å². The number of hydrogen-bond donors (Lipinski definition) is 0. The summed E-state index contributed by atoms with van der Waals surface area (Å²) in [6.45, 7) is 4.91. The van der Waals surface area contributed by atoms with E-state index in [4.69, 9.17) is 0 Å². The molecule has 4 unspecified atom stereocenters. The summed E-state index contributed by atoms with van der Waals surface area (Å²) in [4.78, 5) is 12.5. The molecular formula is C17H24O. The van der Waals surface area contributed by atoms with Crippen LogP contribution in [0.5, 0.6) is 0 Å². The van der Waals surface area contributed by atoms with E-state index < -0.39 is 0 Å². The third kappa shape index (κ3) is 1.16. The van der Waals surface area contributed by atoms with Gasteiger partial charge in [0.15, 0.2) is 5.78 Å². The van der Waals surface area contributed by atoms with Crippen LogP contribution in [-0.2, 0) is 4.79 Å². The summed E-state index contributed by atoms with van der Waals surface area (Å²) in [6.07, 6.45) is 11.3. The molecule has 4 aliphatic rings. The Labute approximate surface area is 110 Å². The molecule has 3 saturated carbocycles. The SMILES string of the molecule is CC12CCC1=CC(=O)C1C2C[C@]2(C)CCCCC12. The molecule has 0 aliphatic heterocycles. The monoisotopic (exact) mass is 244 g/mol. The largest absolute Gasteiger partial charge is 0.295 e. The number of allylic oxidation sites excluding steroid dienone is 2. The predicted molar refractivity (Wildman–Crippen MR) is 72.1 cm³/mol. The second kappa shape index (κ2) is 3.29. The first kappa shape index (κ1) is 11.3. The maximum atomic E-state index is 12.5. The van der Waals surface area contributed by atoms with E-state index in [-0.39, 0.29) is 0 Å². The van der Waals surface area contributed by atoms with Gasteiger partial charge in [0, 0.05) is 5.92 Å². The molecule has 0 spiro atoms. The first-order valence-corrected chi connectivity index (χ1v) is 7.79. The van der Waals surface area contributed by atoms with E-state index in [1.165, 1.54) is 50.5 Å². The Morgan fingerprint density at radius 2 is 2.00 bits per heavy atom. The van der Waals surface area contributed by atoms with Crippen LogP contribution in [0.15, 0.2) is 11.6 Å². The summed E-state index contributed by atoms with van der Waals surface area (Å²) in [5.41, 5.74) is 2.36. The molecule has 0 radical (unpaired) electrons. The second-order valence-corrected chi connectivity index (χ2v) is 7.83. The van der Waals surface area contributed by atoms with Crippen LogP contribution in [0.2, 0.25) is 0 Å². The van der Waals surface area contributed by atoms with Crippen molar-refractivity contribution >= 4 is 5.78 Å². The Bertz CT molecular complexity index is 449. The van der Waals surface area contributed by atoms with Crippen LogP contribution >= 0.6 is 0 Å². The fraction of sp³-hybridized carbons (Fsp3) is 0.824. The van der Waals surface area contributed by atoms with Gasteiger partial charge < -0.3 is 0 Å². The Kier molecular flexibility index (Phi) is 2.06. The lowest BCUT2D eigenvalue weighted by molar-refractivity contribution is -0.124. The Morgan fingerprint density at radius 1 is 1.17 bits per heavy atom. The fourth-order valence-corrected chi connectivity index (χ4v) is 5.81. The van der Waals surface area contributed by atoms with Crippen LogP contribution in [0, 0.1) is 28.6 Å². The lowest BCUT2D eigenvalue weighted by Crippen LogP contribution is -2.46. The molecule has 0 heterocycles. The van der Waals surface area contributed by atoms with Crippen LogP contribution in [0.25, 0.3) is 0 Å². The number of carbonyl (C=O) groups excluding carboxylic acids is 1. The zero-order chi connectivity index (χ0) is 12.5. The van der Waals surface area contributed by atoms with Crippen LogP contribution in [-0.4, -0.2) is 5.78 Å². The van der Waals surface area contributed by atoms with Crippen molar-refractivity contribution in [1.82, 2.24) is 0 Å². The standard InChI is InChI=1S/C17H24O/c1-16-7-4-3-5-12(16)15-13(10-16)17(2)8-6-11(17)9-14(15)18/h9,12-13,15H,3-8,10H2,1-2H3/t12?,13?,15?,16-,17?/m0/s1. The zero-order valence-corrected chi connectivity index (χ0v) is 11.7. The molecule has 0 N–H and O–H groups in total. The topological polar surface area (TPSA) is 17.1 Å². The van der Waals surface area contributed by atoms with Crippen molar-refractivity contribution in [3.63, 3.8) is 0 Å². The Morgan fingerprint density at radius 3 is 2.72 bits per heavy atom. The molecule has 1 nitrogen and oxygen atoms in total. The molecule has 3 fully saturated rings. The van der Waals surface area contributed by atoms with Gasteiger partial charge in [-0.05, 0) is 60.8 Å². The number of ketones is 1. The average molecular weight is 244 g/mol. The van der Waals surface area contributed by atoms with Crippen molar-refractivity contribution in [1.29, 1.82) is 0 Å². The molecule has 1 heteroatoms. The summed E-state index contributed by atoms with van der Waals surface area (Å²) in [7, 11) is 0. The van der Waals surface area contributed by atoms with Gasteiger partial charge >= 0.3 is 0 Å². The highest BCUT2D eigenvalue weighted by Gasteiger charge is 2.62. The Hall–Kier alpha value is -0.590. The first-order valence-electron chi connectivity index (χ1n) is 7.79. The van der Waals surface area contributed by atoms with Crippen molar-refractivity contribution in [3.05, 3.63) is 11.6 Å². The molecule has 0 amide bonds. The van der Waals surface area contributed by atoms with Crippen molar-refractivity contribution in [2.45, 2.75) is 58.8 Å². The average Bonchev–Trinajstić information content (AvgIpc) is 2.65. The van der Waals surface area contributed by atoms with Gasteiger partial charge in [-0.15, -0.1) is 0 Å². The van der Waals surface area contributed by atoms with Crippen molar-refractivity contribution in [3.8, 4) is 0 Å². The van der Waals surface area contributed by atoms with E-state index in [2.05, 4.69) is 13.8 Å². The quantitative estimate of drug-likeness (QED) is 0.626. The molecule has 98 valence electrons. The highest BCUT2D eigenvalue weighted by molar-refractivity contribution is 5.95. The summed E-state index contributed by atoms with van der Waals surface area (Å²) < 4.78 is 0. The van der Waals surface area contributed by atoms with E-state index in [9.17, 15) is 4.79 Å². The molecule has 5 atom stereocenters. The predicted octanol–water partition coefficient (Wildman–Crippen LogP) is 4.13. The molecule has 0 aromatic carbocycles. The van der Waals surface area contributed by atoms with Gasteiger partial charge in [-0.3, -0.25) is 4.79 Å². The van der Waals surface area contributed by atoms with E-state index in [0.717, 1.165) is 0 Å². The van der Waals surface area contributed by atoms with Gasteiger partial charge in [-0.1, -0.05) is 32.3 Å². The summed E-state index contributed by atoms with van der Waals surface area (Å²) >= 11 is 0. The maximum Gasteiger partial charge on any atom is 0.159 e. The van der Waals surface area contributed by atoms with Crippen molar-refractivity contribution in [2.24, 2.45) is 28.6 Å². The van der Waals surface area contributed by atoms with Gasteiger partial charge in [0.25, 0.3) is 0 Å². The normalized spacial score (nSPS) is 54.0. The lowest BCUT2D eigenvalue weighted by Gasteiger charge is -2.51. The third-order valence-electron chi connectivity index (χ3n) is 7.07. The smallest absolute Gasteiger partial charge is 0.159 e. The Balaban J connectivity index is 1.78. The highest BCUT2D eigenvalue weighted by Crippen LogP contribution is 2.68. The van der Waals surface area contributed by atoms with Crippen LogP contribution in [0.1, 0.15) is 58.8 Å². The first-order chi connectivity index (χ1) is 8.55. The molecule has 0 bridgehead atoms. The lowest BCUT2D eigenvalue weighted by atomic mass is 9.52. The minimum Gasteiger partial charge on any atom is -0.295 e. The summed E-state index contributed by atoms with van der Waals surface area (Å²) in [5.74, 6) is 2.23. The summed E-state index contributed by atoms with van der Waals surface area (Å²) in [5, 5.41) is 0. The maximum absolute atomic E-state index is 12.5. The summed E-state index contributed by atoms with van der Waals surface area (Å²) in [6, 6.07) is 0. The third-order valence-corrected chi connectivity index (χ3v) is 7.07. The molecule has 4 rings (SSSR count). The van der Waals surface area contributed by atoms with Gasteiger partial charge in [-0.2, -0.15) is 0 Å². The van der Waals surface area contributed by atoms with Gasteiger partial charge in [0.1, 0.15) is 0 Å². The molecular weight excluding hydrogens is 220 g/mol. The molecule has 18 heavy (non-hydrogen) atoms. The number of fused-ring (bicyclic) bond motifs is 5. The van der Waals surface area contributed by atoms with Crippen LogP contribution in [0.4, 0.5) is 0 Å². The fourth-order valence-electron chi connectivity index (χ4n) is 5.81.